The van der Waals surface area contributed by atoms with E-state index in [1.165, 1.54) is 16.2 Å². The van der Waals surface area contributed by atoms with Gasteiger partial charge in [-0.25, -0.2) is 4.79 Å². The van der Waals surface area contributed by atoms with E-state index in [0.717, 1.165) is 12.0 Å². The van der Waals surface area contributed by atoms with Gasteiger partial charge in [0.25, 0.3) is 0 Å². The van der Waals surface area contributed by atoms with Gasteiger partial charge in [0, 0.05) is 11.4 Å². The zero-order valence-electron chi connectivity index (χ0n) is 11.3. The van der Waals surface area contributed by atoms with E-state index in [1.54, 1.807) is 18.3 Å². The van der Waals surface area contributed by atoms with Gasteiger partial charge in [-0.1, -0.05) is 6.07 Å². The molecule has 2 amide bonds. The van der Waals surface area contributed by atoms with Gasteiger partial charge in [-0.2, -0.15) is 11.3 Å². The van der Waals surface area contributed by atoms with Gasteiger partial charge in [-0.3, -0.25) is 0 Å². The minimum absolute atomic E-state index is 0.189. The molecule has 108 valence electrons. The summed E-state index contributed by atoms with van der Waals surface area (Å²) in [7, 11) is 0. The van der Waals surface area contributed by atoms with Crippen LogP contribution in [0.2, 0.25) is 0 Å². The van der Waals surface area contributed by atoms with Crippen LogP contribution in [0, 0.1) is 0 Å². The molecule has 4 nitrogen and oxygen atoms in total. The maximum Gasteiger partial charge on any atom is 0.314 e. The molecule has 0 radical (unpaired) electrons. The second kappa shape index (κ2) is 6.88. The molecule has 0 fully saturated rings. The number of amides is 2. The summed E-state index contributed by atoms with van der Waals surface area (Å²) in [6.45, 7) is 2.47. The van der Waals surface area contributed by atoms with Crippen molar-refractivity contribution < 1.29 is 9.90 Å². The van der Waals surface area contributed by atoms with E-state index in [9.17, 15) is 9.90 Å². The number of nitrogens with one attached hydrogen (secondary N) is 2. The Balaban J connectivity index is 1.69. The Bertz CT molecular complexity index is 521. The first-order valence-electron chi connectivity index (χ1n) is 6.37. The number of hydrogen-bond acceptors (Lipinski definition) is 4. The SMILES string of the molecule is CC(O)(CNC(=O)NCCc1cccs1)c1ccsc1. The lowest BCUT2D eigenvalue weighted by atomic mass is 9.99. The summed E-state index contributed by atoms with van der Waals surface area (Å²) in [5.41, 5.74) is -0.216. The third kappa shape index (κ3) is 4.33. The van der Waals surface area contributed by atoms with Crippen molar-refractivity contribution in [2.24, 2.45) is 0 Å². The van der Waals surface area contributed by atoms with Crippen molar-refractivity contribution in [3.8, 4) is 0 Å². The Hall–Kier alpha value is -1.37. The number of carbonyl (C=O) groups excluding carboxylic acids is 1. The summed E-state index contributed by atoms with van der Waals surface area (Å²) in [4.78, 5) is 12.9. The number of rotatable bonds is 6. The third-order valence-corrected chi connectivity index (χ3v) is 4.59. The average molecular weight is 310 g/mol. The minimum atomic E-state index is -1.04. The van der Waals surface area contributed by atoms with Crippen LogP contribution in [0.1, 0.15) is 17.4 Å². The fraction of sp³-hybridized carbons (Fsp3) is 0.357. The van der Waals surface area contributed by atoms with Crippen molar-refractivity contribution in [3.63, 3.8) is 0 Å². The van der Waals surface area contributed by atoms with Gasteiger partial charge in [-0.05, 0) is 47.2 Å². The topological polar surface area (TPSA) is 61.4 Å². The lowest BCUT2D eigenvalue weighted by Gasteiger charge is -2.22. The highest BCUT2D eigenvalue weighted by Gasteiger charge is 2.23. The Morgan fingerprint density at radius 1 is 1.35 bits per heavy atom. The summed E-state index contributed by atoms with van der Waals surface area (Å²) < 4.78 is 0. The first-order valence-corrected chi connectivity index (χ1v) is 8.19. The molecule has 0 spiro atoms. The first-order chi connectivity index (χ1) is 9.58. The van der Waals surface area contributed by atoms with Crippen molar-refractivity contribution in [3.05, 3.63) is 44.8 Å². The van der Waals surface area contributed by atoms with Crippen LogP contribution in [0.4, 0.5) is 4.79 Å². The summed E-state index contributed by atoms with van der Waals surface area (Å²) in [6.07, 6.45) is 0.825. The van der Waals surface area contributed by atoms with Crippen LogP contribution in [0.5, 0.6) is 0 Å². The van der Waals surface area contributed by atoms with Crippen LogP contribution in [-0.2, 0) is 12.0 Å². The molecule has 2 aromatic rings. The molecule has 0 bridgehead atoms. The van der Waals surface area contributed by atoms with Gasteiger partial charge in [0.15, 0.2) is 0 Å². The Labute approximate surface area is 126 Å². The van der Waals surface area contributed by atoms with E-state index in [1.807, 2.05) is 34.3 Å². The van der Waals surface area contributed by atoms with Crippen molar-refractivity contribution in [1.82, 2.24) is 10.6 Å². The van der Waals surface area contributed by atoms with Gasteiger partial charge < -0.3 is 15.7 Å². The number of hydrogen-bond donors (Lipinski definition) is 3. The number of thiophene rings is 2. The van der Waals surface area contributed by atoms with E-state index < -0.39 is 5.60 Å². The van der Waals surface area contributed by atoms with E-state index in [4.69, 9.17) is 0 Å². The predicted molar refractivity (Wildman–Crippen MR) is 83.3 cm³/mol. The summed E-state index contributed by atoms with van der Waals surface area (Å²) in [5, 5.41) is 21.6. The van der Waals surface area contributed by atoms with Crippen LogP contribution in [0.25, 0.3) is 0 Å². The van der Waals surface area contributed by atoms with Crippen molar-refractivity contribution in [2.45, 2.75) is 18.9 Å². The second-order valence-electron chi connectivity index (χ2n) is 4.72. The van der Waals surface area contributed by atoms with Crippen LogP contribution in [0.15, 0.2) is 34.3 Å². The van der Waals surface area contributed by atoms with Gasteiger partial charge in [0.2, 0.25) is 0 Å². The summed E-state index contributed by atoms with van der Waals surface area (Å²) >= 11 is 3.21. The third-order valence-electron chi connectivity index (χ3n) is 2.97. The predicted octanol–water partition coefficient (Wildman–Crippen LogP) is 2.56. The molecule has 1 unspecified atom stereocenters. The average Bonchev–Trinajstić information content (AvgIpc) is 3.09. The van der Waals surface area contributed by atoms with E-state index in [2.05, 4.69) is 10.6 Å². The lowest BCUT2D eigenvalue weighted by Crippen LogP contribution is -2.43. The smallest absolute Gasteiger partial charge is 0.314 e. The molecule has 20 heavy (non-hydrogen) atoms. The van der Waals surface area contributed by atoms with E-state index in [-0.39, 0.29) is 12.6 Å². The largest absolute Gasteiger partial charge is 0.384 e. The summed E-state index contributed by atoms with van der Waals surface area (Å²) in [5.74, 6) is 0. The Kier molecular flexibility index (Phi) is 5.17. The summed E-state index contributed by atoms with van der Waals surface area (Å²) in [6, 6.07) is 5.65. The number of aliphatic hydroxyl groups is 1. The van der Waals surface area contributed by atoms with Gasteiger partial charge in [0.1, 0.15) is 5.60 Å². The molecule has 6 heteroatoms. The van der Waals surface area contributed by atoms with Crippen LogP contribution in [-0.4, -0.2) is 24.2 Å². The monoisotopic (exact) mass is 310 g/mol. The quantitative estimate of drug-likeness (QED) is 0.768. The second-order valence-corrected chi connectivity index (χ2v) is 6.54. The van der Waals surface area contributed by atoms with Gasteiger partial charge in [0.05, 0.1) is 6.54 Å². The maximum absolute atomic E-state index is 11.7. The molecular weight excluding hydrogens is 292 g/mol. The highest BCUT2D eigenvalue weighted by atomic mass is 32.1. The molecule has 0 aliphatic carbocycles. The molecular formula is C14H18N2O2S2. The molecule has 2 aromatic heterocycles. The molecule has 1 atom stereocenters. The van der Waals surface area contributed by atoms with Crippen molar-refractivity contribution in [1.29, 1.82) is 0 Å². The highest BCUT2D eigenvalue weighted by molar-refractivity contribution is 7.09. The maximum atomic E-state index is 11.7. The zero-order chi connectivity index (χ0) is 14.4. The molecule has 2 rings (SSSR count). The molecule has 0 aliphatic heterocycles. The van der Waals surface area contributed by atoms with E-state index >= 15 is 0 Å². The molecule has 0 saturated heterocycles. The standard InChI is InChI=1S/C14H18N2O2S2/c1-14(18,11-5-8-19-9-11)10-16-13(17)15-6-4-12-3-2-7-20-12/h2-3,5,7-9,18H,4,6,10H2,1H3,(H2,15,16,17). The van der Waals surface area contributed by atoms with Crippen LogP contribution < -0.4 is 10.6 Å². The van der Waals surface area contributed by atoms with Crippen molar-refractivity contribution in [2.75, 3.05) is 13.1 Å². The van der Waals surface area contributed by atoms with Crippen LogP contribution >= 0.6 is 22.7 Å². The normalized spacial score (nSPS) is 13.7. The van der Waals surface area contributed by atoms with Gasteiger partial charge >= 0.3 is 6.03 Å². The fourth-order valence-electron chi connectivity index (χ4n) is 1.74. The van der Waals surface area contributed by atoms with Crippen LogP contribution in [0.3, 0.4) is 0 Å². The highest BCUT2D eigenvalue weighted by Crippen LogP contribution is 2.21. The minimum Gasteiger partial charge on any atom is -0.384 e. The van der Waals surface area contributed by atoms with Gasteiger partial charge in [-0.15, -0.1) is 11.3 Å². The Morgan fingerprint density at radius 3 is 2.85 bits per heavy atom. The van der Waals surface area contributed by atoms with E-state index in [0.29, 0.717) is 6.54 Å². The zero-order valence-corrected chi connectivity index (χ0v) is 12.9. The molecule has 0 aromatic carbocycles. The van der Waals surface area contributed by atoms with Crippen molar-refractivity contribution >= 4 is 28.7 Å². The number of urea groups is 1. The molecule has 3 N–H and O–H groups in total. The fourth-order valence-corrected chi connectivity index (χ4v) is 3.23. The number of carbonyl (C=O) groups is 1. The molecule has 0 saturated carbocycles. The molecule has 2 heterocycles. The first kappa shape index (κ1) is 15.0. The Morgan fingerprint density at radius 2 is 2.20 bits per heavy atom. The lowest BCUT2D eigenvalue weighted by molar-refractivity contribution is 0.0598. The molecule has 0 aliphatic rings.